The second-order valence-corrected chi connectivity index (χ2v) is 3.27. The summed E-state index contributed by atoms with van der Waals surface area (Å²) in [6.45, 7) is 7.72. The summed E-state index contributed by atoms with van der Waals surface area (Å²) in [5.74, 6) is -0.381. The van der Waals surface area contributed by atoms with E-state index in [1.54, 1.807) is 0 Å². The number of benzene rings is 1. The van der Waals surface area contributed by atoms with Crippen LogP contribution in [-0.4, -0.2) is 13.1 Å². The van der Waals surface area contributed by atoms with Crippen LogP contribution >= 0.6 is 0 Å². The SMILES string of the molecule is C=C(C(=O)OC)c1ccc(C)c(C)c1. The third-order valence-electron chi connectivity index (χ3n) is 2.29. The Balaban J connectivity index is 3.03. The highest BCUT2D eigenvalue weighted by Gasteiger charge is 2.09. The van der Waals surface area contributed by atoms with Crippen LogP contribution < -0.4 is 0 Å². The van der Waals surface area contributed by atoms with Crippen molar-refractivity contribution >= 4 is 11.5 Å². The number of rotatable bonds is 2. The van der Waals surface area contributed by atoms with E-state index in [0.29, 0.717) is 5.57 Å². The first-order valence-corrected chi connectivity index (χ1v) is 4.41. The molecule has 1 aromatic rings. The molecule has 0 atom stereocenters. The monoisotopic (exact) mass is 190 g/mol. The first kappa shape index (κ1) is 10.5. The van der Waals surface area contributed by atoms with Crippen molar-refractivity contribution in [1.29, 1.82) is 0 Å². The highest BCUT2D eigenvalue weighted by atomic mass is 16.5. The molecule has 74 valence electrons. The van der Waals surface area contributed by atoms with E-state index in [0.717, 1.165) is 11.1 Å². The largest absolute Gasteiger partial charge is 0.465 e. The van der Waals surface area contributed by atoms with Crippen LogP contribution in [0.1, 0.15) is 16.7 Å². The Kier molecular flexibility index (Phi) is 3.07. The molecule has 0 aliphatic carbocycles. The van der Waals surface area contributed by atoms with E-state index < -0.39 is 0 Å². The molecule has 0 heterocycles. The fraction of sp³-hybridized carbons (Fsp3) is 0.250. The van der Waals surface area contributed by atoms with Crippen molar-refractivity contribution in [2.24, 2.45) is 0 Å². The van der Waals surface area contributed by atoms with Crippen LogP contribution in [0.2, 0.25) is 0 Å². The quantitative estimate of drug-likeness (QED) is 0.529. The van der Waals surface area contributed by atoms with Gasteiger partial charge in [0.25, 0.3) is 0 Å². The lowest BCUT2D eigenvalue weighted by Crippen LogP contribution is -2.02. The Bertz CT molecular complexity index is 378. The van der Waals surface area contributed by atoms with Gasteiger partial charge in [-0.1, -0.05) is 24.8 Å². The molecule has 14 heavy (non-hydrogen) atoms. The molecule has 1 aromatic carbocycles. The fourth-order valence-electron chi connectivity index (χ4n) is 1.17. The van der Waals surface area contributed by atoms with Crippen LogP contribution in [0.4, 0.5) is 0 Å². The van der Waals surface area contributed by atoms with Crippen LogP contribution in [0.25, 0.3) is 5.57 Å². The molecule has 0 fully saturated rings. The third kappa shape index (κ3) is 2.02. The van der Waals surface area contributed by atoms with Crippen molar-refractivity contribution in [2.45, 2.75) is 13.8 Å². The van der Waals surface area contributed by atoms with Crippen LogP contribution in [0.15, 0.2) is 24.8 Å². The normalized spacial score (nSPS) is 9.64. The van der Waals surface area contributed by atoms with Gasteiger partial charge in [0.15, 0.2) is 0 Å². The van der Waals surface area contributed by atoms with Crippen LogP contribution in [0.3, 0.4) is 0 Å². The van der Waals surface area contributed by atoms with Gasteiger partial charge in [-0.05, 0) is 30.5 Å². The Labute approximate surface area is 84.2 Å². The molecule has 0 aliphatic rings. The number of carbonyl (C=O) groups is 1. The molecule has 2 nitrogen and oxygen atoms in total. The minimum Gasteiger partial charge on any atom is -0.465 e. The molecule has 0 radical (unpaired) electrons. The highest BCUT2D eigenvalue weighted by Crippen LogP contribution is 2.17. The molecule has 0 amide bonds. The average Bonchev–Trinajstić information content (AvgIpc) is 2.20. The summed E-state index contributed by atoms with van der Waals surface area (Å²) in [5.41, 5.74) is 3.56. The van der Waals surface area contributed by atoms with Crippen LogP contribution in [0.5, 0.6) is 0 Å². The highest BCUT2D eigenvalue weighted by molar-refractivity contribution is 6.15. The summed E-state index contributed by atoms with van der Waals surface area (Å²) < 4.78 is 4.60. The molecular weight excluding hydrogens is 176 g/mol. The van der Waals surface area contributed by atoms with E-state index in [2.05, 4.69) is 11.3 Å². The Morgan fingerprint density at radius 2 is 1.93 bits per heavy atom. The molecule has 0 spiro atoms. The predicted molar refractivity (Wildman–Crippen MR) is 57.0 cm³/mol. The van der Waals surface area contributed by atoms with Gasteiger partial charge in [0.2, 0.25) is 0 Å². The number of hydrogen-bond acceptors (Lipinski definition) is 2. The summed E-state index contributed by atoms with van der Waals surface area (Å²) in [5, 5.41) is 0. The molecule has 2 heteroatoms. The number of methoxy groups -OCH3 is 1. The van der Waals surface area contributed by atoms with Gasteiger partial charge in [-0.2, -0.15) is 0 Å². The van der Waals surface area contributed by atoms with E-state index in [-0.39, 0.29) is 5.97 Å². The molecule has 0 bridgehead atoms. The molecule has 0 unspecified atom stereocenters. The lowest BCUT2D eigenvalue weighted by atomic mass is 10.0. The molecular formula is C12H14O2. The minimum absolute atomic E-state index is 0.381. The topological polar surface area (TPSA) is 26.3 Å². The Morgan fingerprint density at radius 1 is 1.29 bits per heavy atom. The van der Waals surface area contributed by atoms with Crippen molar-refractivity contribution in [3.63, 3.8) is 0 Å². The lowest BCUT2D eigenvalue weighted by molar-refractivity contribution is -0.133. The van der Waals surface area contributed by atoms with Gasteiger partial charge in [0, 0.05) is 0 Å². The number of carbonyl (C=O) groups excluding carboxylic acids is 1. The van der Waals surface area contributed by atoms with E-state index in [1.807, 2.05) is 32.0 Å². The number of esters is 1. The predicted octanol–water partition coefficient (Wildman–Crippen LogP) is 2.49. The van der Waals surface area contributed by atoms with Gasteiger partial charge < -0.3 is 4.74 Å². The summed E-state index contributed by atoms with van der Waals surface area (Å²) in [7, 11) is 1.36. The summed E-state index contributed by atoms with van der Waals surface area (Å²) in [6.07, 6.45) is 0. The van der Waals surface area contributed by atoms with E-state index in [4.69, 9.17) is 0 Å². The van der Waals surface area contributed by atoms with Gasteiger partial charge in [-0.15, -0.1) is 0 Å². The second kappa shape index (κ2) is 4.09. The molecule has 0 saturated carbocycles. The second-order valence-electron chi connectivity index (χ2n) is 3.27. The maximum atomic E-state index is 11.2. The summed E-state index contributed by atoms with van der Waals surface area (Å²) in [6, 6.07) is 5.79. The van der Waals surface area contributed by atoms with Crippen molar-refractivity contribution in [2.75, 3.05) is 7.11 Å². The smallest absolute Gasteiger partial charge is 0.337 e. The number of aryl methyl sites for hydroxylation is 2. The molecule has 1 rings (SSSR count). The summed E-state index contributed by atoms with van der Waals surface area (Å²) in [4.78, 5) is 11.2. The maximum Gasteiger partial charge on any atom is 0.337 e. The first-order chi connectivity index (χ1) is 6.56. The third-order valence-corrected chi connectivity index (χ3v) is 2.29. The molecule has 0 N–H and O–H groups in total. The van der Waals surface area contributed by atoms with Gasteiger partial charge in [0.1, 0.15) is 0 Å². The lowest BCUT2D eigenvalue weighted by Gasteiger charge is -2.06. The standard InChI is InChI=1S/C12H14O2/c1-8-5-6-11(7-9(8)2)10(3)12(13)14-4/h5-7H,3H2,1-2,4H3. The van der Waals surface area contributed by atoms with E-state index >= 15 is 0 Å². The summed E-state index contributed by atoms with van der Waals surface area (Å²) >= 11 is 0. The molecule has 0 aromatic heterocycles. The zero-order valence-electron chi connectivity index (χ0n) is 8.76. The van der Waals surface area contributed by atoms with Crippen molar-refractivity contribution < 1.29 is 9.53 Å². The van der Waals surface area contributed by atoms with E-state index in [1.165, 1.54) is 12.7 Å². The minimum atomic E-state index is -0.381. The van der Waals surface area contributed by atoms with Crippen molar-refractivity contribution in [3.05, 3.63) is 41.5 Å². The van der Waals surface area contributed by atoms with Crippen molar-refractivity contribution in [1.82, 2.24) is 0 Å². The Hall–Kier alpha value is -1.57. The Morgan fingerprint density at radius 3 is 2.43 bits per heavy atom. The van der Waals surface area contributed by atoms with Gasteiger partial charge in [-0.3, -0.25) is 0 Å². The van der Waals surface area contributed by atoms with Crippen molar-refractivity contribution in [3.8, 4) is 0 Å². The first-order valence-electron chi connectivity index (χ1n) is 4.41. The average molecular weight is 190 g/mol. The van der Waals surface area contributed by atoms with E-state index in [9.17, 15) is 4.79 Å². The zero-order chi connectivity index (χ0) is 10.7. The molecule has 0 saturated heterocycles. The molecule has 0 aliphatic heterocycles. The van der Waals surface area contributed by atoms with Gasteiger partial charge in [-0.25, -0.2) is 4.79 Å². The van der Waals surface area contributed by atoms with Crippen LogP contribution in [0, 0.1) is 13.8 Å². The van der Waals surface area contributed by atoms with Crippen LogP contribution in [-0.2, 0) is 9.53 Å². The number of ether oxygens (including phenoxy) is 1. The van der Waals surface area contributed by atoms with Gasteiger partial charge in [0.05, 0.1) is 12.7 Å². The maximum absolute atomic E-state index is 11.2. The van der Waals surface area contributed by atoms with Gasteiger partial charge >= 0.3 is 5.97 Å². The fourth-order valence-corrected chi connectivity index (χ4v) is 1.17. The zero-order valence-corrected chi connectivity index (χ0v) is 8.76. The number of hydrogen-bond donors (Lipinski definition) is 0.